The molecule has 0 aromatic carbocycles. The number of hydrogen-bond acceptors (Lipinski definition) is 3. The van der Waals surface area contributed by atoms with E-state index in [-0.39, 0.29) is 18.4 Å². The molecule has 3 N–H and O–H groups in total. The van der Waals surface area contributed by atoms with Crippen LogP contribution in [0.3, 0.4) is 0 Å². The van der Waals surface area contributed by atoms with Gasteiger partial charge in [0, 0.05) is 26.1 Å². The molecule has 0 spiro atoms. The van der Waals surface area contributed by atoms with E-state index >= 15 is 0 Å². The van der Waals surface area contributed by atoms with E-state index in [9.17, 15) is 9.59 Å². The second-order valence-corrected chi connectivity index (χ2v) is 5.21. The van der Waals surface area contributed by atoms with Crippen molar-refractivity contribution >= 4 is 12.0 Å². The maximum atomic E-state index is 11.5. The highest BCUT2D eigenvalue weighted by atomic mass is 16.4. The highest BCUT2D eigenvalue weighted by Gasteiger charge is 2.19. The Kier molecular flexibility index (Phi) is 5.91. The molecule has 2 atom stereocenters. The molecule has 1 saturated heterocycles. The molecule has 1 rings (SSSR count). The molecule has 0 radical (unpaired) electrons. The van der Waals surface area contributed by atoms with Crippen molar-refractivity contribution in [2.75, 3.05) is 33.2 Å². The van der Waals surface area contributed by atoms with Gasteiger partial charge in [-0.1, -0.05) is 6.92 Å². The van der Waals surface area contributed by atoms with Gasteiger partial charge in [0.05, 0.1) is 0 Å². The zero-order valence-electron chi connectivity index (χ0n) is 11.1. The largest absolute Gasteiger partial charge is 0.481 e. The van der Waals surface area contributed by atoms with Crippen LogP contribution in [0.4, 0.5) is 4.79 Å². The highest BCUT2D eigenvalue weighted by molar-refractivity contribution is 5.74. The third-order valence-corrected chi connectivity index (χ3v) is 3.17. The predicted molar refractivity (Wildman–Crippen MR) is 68.4 cm³/mol. The molecule has 1 heterocycles. The minimum atomic E-state index is -0.835. The van der Waals surface area contributed by atoms with E-state index in [4.69, 9.17) is 5.11 Å². The van der Waals surface area contributed by atoms with Crippen molar-refractivity contribution in [2.24, 2.45) is 11.8 Å². The number of carbonyl (C=O) groups excluding carboxylic acids is 1. The Morgan fingerprint density at radius 3 is 2.72 bits per heavy atom. The summed E-state index contributed by atoms with van der Waals surface area (Å²) in [5, 5.41) is 14.1. The standard InChI is InChI=1S/C12H23N3O3/c1-9(5-11(16)17)6-13-12(18)14-7-10-3-4-15(2)8-10/h9-10H,3-8H2,1-2H3,(H,16,17)(H2,13,14,18). The van der Waals surface area contributed by atoms with Gasteiger partial charge in [0.2, 0.25) is 0 Å². The number of likely N-dealkylation sites (tertiary alicyclic amines) is 1. The zero-order chi connectivity index (χ0) is 13.5. The van der Waals surface area contributed by atoms with Gasteiger partial charge >= 0.3 is 12.0 Å². The lowest BCUT2D eigenvalue weighted by Crippen LogP contribution is -2.40. The molecule has 1 aliphatic rings. The maximum Gasteiger partial charge on any atom is 0.314 e. The second kappa shape index (κ2) is 7.20. The molecule has 0 aromatic rings. The number of rotatable bonds is 6. The summed E-state index contributed by atoms with van der Waals surface area (Å²) in [4.78, 5) is 24.2. The van der Waals surface area contributed by atoms with Crippen molar-refractivity contribution in [1.29, 1.82) is 0 Å². The Bertz CT molecular complexity index is 296. The second-order valence-electron chi connectivity index (χ2n) is 5.21. The average Bonchev–Trinajstić information content (AvgIpc) is 2.69. The van der Waals surface area contributed by atoms with Crippen molar-refractivity contribution in [3.63, 3.8) is 0 Å². The number of aliphatic carboxylic acids is 1. The van der Waals surface area contributed by atoms with Crippen LogP contribution in [0.15, 0.2) is 0 Å². The van der Waals surface area contributed by atoms with Gasteiger partial charge in [0.15, 0.2) is 0 Å². The molecule has 6 nitrogen and oxygen atoms in total. The summed E-state index contributed by atoms with van der Waals surface area (Å²) in [5.41, 5.74) is 0. The van der Waals surface area contributed by atoms with E-state index in [2.05, 4.69) is 22.6 Å². The van der Waals surface area contributed by atoms with Crippen LogP contribution in [-0.4, -0.2) is 55.2 Å². The molecule has 0 bridgehead atoms. The van der Waals surface area contributed by atoms with Crippen LogP contribution in [-0.2, 0) is 4.79 Å². The minimum absolute atomic E-state index is 0.0501. The summed E-state index contributed by atoms with van der Waals surface area (Å²) in [6, 6.07) is -0.207. The van der Waals surface area contributed by atoms with Crippen LogP contribution >= 0.6 is 0 Å². The van der Waals surface area contributed by atoms with Gasteiger partial charge in [0.25, 0.3) is 0 Å². The van der Waals surface area contributed by atoms with E-state index in [0.29, 0.717) is 19.0 Å². The van der Waals surface area contributed by atoms with Gasteiger partial charge in [-0.2, -0.15) is 0 Å². The number of carbonyl (C=O) groups is 2. The van der Waals surface area contributed by atoms with Gasteiger partial charge < -0.3 is 20.6 Å². The van der Waals surface area contributed by atoms with Gasteiger partial charge in [-0.05, 0) is 31.8 Å². The first-order valence-corrected chi connectivity index (χ1v) is 6.39. The highest BCUT2D eigenvalue weighted by Crippen LogP contribution is 2.12. The van der Waals surface area contributed by atoms with Gasteiger partial charge in [-0.15, -0.1) is 0 Å². The number of amides is 2. The number of nitrogens with zero attached hydrogens (tertiary/aromatic N) is 1. The van der Waals surface area contributed by atoms with Crippen LogP contribution in [0.1, 0.15) is 19.8 Å². The summed E-state index contributed by atoms with van der Waals surface area (Å²) in [7, 11) is 2.08. The summed E-state index contributed by atoms with van der Waals surface area (Å²) in [6.45, 7) is 4.99. The van der Waals surface area contributed by atoms with E-state index in [1.807, 2.05) is 0 Å². The molecule has 0 aromatic heterocycles. The summed E-state index contributed by atoms with van der Waals surface area (Å²) in [6.07, 6.45) is 1.19. The van der Waals surface area contributed by atoms with Crippen LogP contribution in [0.2, 0.25) is 0 Å². The molecule has 2 amide bonds. The van der Waals surface area contributed by atoms with Crippen molar-refractivity contribution in [2.45, 2.75) is 19.8 Å². The lowest BCUT2D eigenvalue weighted by Gasteiger charge is -2.14. The molecule has 1 fully saturated rings. The number of hydrogen-bond donors (Lipinski definition) is 3. The molecule has 2 unspecified atom stereocenters. The Balaban J connectivity index is 2.08. The Labute approximate surface area is 108 Å². The summed E-state index contributed by atoms with van der Waals surface area (Å²) < 4.78 is 0. The third-order valence-electron chi connectivity index (χ3n) is 3.17. The van der Waals surface area contributed by atoms with E-state index in [1.165, 1.54) is 0 Å². The topological polar surface area (TPSA) is 81.7 Å². The lowest BCUT2D eigenvalue weighted by atomic mass is 10.1. The normalized spacial score (nSPS) is 21.6. The Morgan fingerprint density at radius 1 is 1.44 bits per heavy atom. The van der Waals surface area contributed by atoms with Crippen LogP contribution in [0, 0.1) is 11.8 Å². The molecule has 0 saturated carbocycles. The minimum Gasteiger partial charge on any atom is -0.481 e. The molecule has 0 aliphatic carbocycles. The smallest absolute Gasteiger partial charge is 0.314 e. The van der Waals surface area contributed by atoms with Crippen molar-refractivity contribution in [3.8, 4) is 0 Å². The monoisotopic (exact) mass is 257 g/mol. The fraction of sp³-hybridized carbons (Fsp3) is 0.833. The Hall–Kier alpha value is -1.30. The van der Waals surface area contributed by atoms with Crippen molar-refractivity contribution < 1.29 is 14.7 Å². The SMILES string of the molecule is CC(CNC(=O)NCC1CCN(C)C1)CC(=O)O. The van der Waals surface area contributed by atoms with Crippen LogP contribution in [0.5, 0.6) is 0 Å². The third kappa shape index (κ3) is 5.86. The van der Waals surface area contributed by atoms with E-state index in [0.717, 1.165) is 19.5 Å². The molecule has 1 aliphatic heterocycles. The first kappa shape index (κ1) is 14.8. The van der Waals surface area contributed by atoms with E-state index < -0.39 is 5.97 Å². The maximum absolute atomic E-state index is 11.5. The Morgan fingerprint density at radius 2 is 2.17 bits per heavy atom. The zero-order valence-corrected chi connectivity index (χ0v) is 11.1. The quantitative estimate of drug-likeness (QED) is 0.641. The van der Waals surface area contributed by atoms with Crippen LogP contribution in [0.25, 0.3) is 0 Å². The van der Waals surface area contributed by atoms with Gasteiger partial charge in [0.1, 0.15) is 0 Å². The fourth-order valence-electron chi connectivity index (χ4n) is 2.13. The van der Waals surface area contributed by atoms with Crippen molar-refractivity contribution in [3.05, 3.63) is 0 Å². The van der Waals surface area contributed by atoms with Crippen LogP contribution < -0.4 is 10.6 Å². The number of carboxylic acid groups (broad SMARTS) is 1. The number of urea groups is 1. The fourth-order valence-corrected chi connectivity index (χ4v) is 2.13. The molecular formula is C12H23N3O3. The van der Waals surface area contributed by atoms with Gasteiger partial charge in [-0.3, -0.25) is 4.79 Å². The number of carboxylic acids is 1. The summed E-state index contributed by atoms with van der Waals surface area (Å²) >= 11 is 0. The van der Waals surface area contributed by atoms with E-state index in [1.54, 1.807) is 6.92 Å². The summed E-state index contributed by atoms with van der Waals surface area (Å²) in [5.74, 6) is -0.359. The molecule has 104 valence electrons. The number of nitrogens with one attached hydrogen (secondary N) is 2. The first-order chi connectivity index (χ1) is 8.47. The molecule has 6 heteroatoms. The lowest BCUT2D eigenvalue weighted by molar-refractivity contribution is -0.137. The van der Waals surface area contributed by atoms with Gasteiger partial charge in [-0.25, -0.2) is 4.79 Å². The molecular weight excluding hydrogens is 234 g/mol. The first-order valence-electron chi connectivity index (χ1n) is 6.39. The predicted octanol–water partition coefficient (Wildman–Crippen LogP) is 0.348. The average molecular weight is 257 g/mol. The van der Waals surface area contributed by atoms with Crippen molar-refractivity contribution in [1.82, 2.24) is 15.5 Å². The molecule has 18 heavy (non-hydrogen) atoms.